The van der Waals surface area contributed by atoms with E-state index in [-0.39, 0.29) is 0 Å². The molecule has 0 aliphatic carbocycles. The van der Waals surface area contributed by atoms with Crippen molar-refractivity contribution in [1.82, 2.24) is 4.90 Å². The van der Waals surface area contributed by atoms with Gasteiger partial charge in [0, 0.05) is 32.1 Å². The van der Waals surface area contributed by atoms with Crippen molar-refractivity contribution in [3.8, 4) is 0 Å². The van der Waals surface area contributed by atoms with Crippen LogP contribution in [0.1, 0.15) is 44.1 Å². The Balaban J connectivity index is 0.000000345. The molecule has 28 heavy (non-hydrogen) atoms. The van der Waals surface area contributed by atoms with Crippen molar-refractivity contribution in [2.75, 3.05) is 26.2 Å². The number of allylic oxidation sites excluding steroid dienone is 1. The Hall–Kier alpha value is -1.56. The molecule has 0 atom stereocenters. The second-order valence-electron chi connectivity index (χ2n) is 7.23. The first kappa shape index (κ1) is 22.7. The molecule has 1 aromatic carbocycles. The summed E-state index contributed by atoms with van der Waals surface area (Å²) in [7, 11) is -10.7. The summed E-state index contributed by atoms with van der Waals surface area (Å²) in [4.78, 5) is 2.51. The third-order valence-corrected chi connectivity index (χ3v) is 4.53. The number of rotatable bonds is 3. The van der Waals surface area contributed by atoms with E-state index in [0.29, 0.717) is 0 Å². The predicted octanol–water partition coefficient (Wildman–Crippen LogP) is 7.16. The Morgan fingerprint density at radius 2 is 1.29 bits per heavy atom. The molecule has 0 amide bonds. The van der Waals surface area contributed by atoms with Gasteiger partial charge in [0.05, 0.1) is 5.57 Å². The van der Waals surface area contributed by atoms with E-state index in [1.54, 1.807) is 0 Å². The van der Waals surface area contributed by atoms with Gasteiger partial charge in [-0.05, 0) is 31.2 Å². The number of likely N-dealkylation sites (tertiary alicyclic amines) is 1. The van der Waals surface area contributed by atoms with Gasteiger partial charge in [-0.2, -0.15) is 0 Å². The van der Waals surface area contributed by atoms with Crippen molar-refractivity contribution in [2.45, 2.75) is 38.5 Å². The van der Waals surface area contributed by atoms with Gasteiger partial charge in [-0.3, -0.25) is 0 Å². The van der Waals surface area contributed by atoms with Gasteiger partial charge in [-0.1, -0.05) is 30.3 Å². The Morgan fingerprint density at radius 1 is 0.786 bits per heavy atom. The van der Waals surface area contributed by atoms with Crippen molar-refractivity contribution >= 4 is 19.6 Å². The summed E-state index contributed by atoms with van der Waals surface area (Å²) in [5.74, 6) is 0. The first-order valence-corrected chi connectivity index (χ1v) is 11.6. The monoisotopic (exact) mass is 428 g/mol. The van der Waals surface area contributed by atoms with E-state index in [4.69, 9.17) is 0 Å². The third kappa shape index (κ3) is 11.3. The van der Waals surface area contributed by atoms with Gasteiger partial charge in [0.25, 0.3) is 0 Å². The molecule has 1 aromatic rings. The molecule has 3 rings (SSSR count). The van der Waals surface area contributed by atoms with E-state index >= 15 is 0 Å². The van der Waals surface area contributed by atoms with E-state index in [1.165, 1.54) is 75.8 Å². The predicted molar refractivity (Wildman–Crippen MR) is 103 cm³/mol. The van der Waals surface area contributed by atoms with Crippen LogP contribution in [0.15, 0.2) is 36.5 Å². The summed E-state index contributed by atoms with van der Waals surface area (Å²) in [6.45, 7) is 4.85. The fourth-order valence-electron chi connectivity index (χ4n) is 3.30. The molecule has 2 aliphatic heterocycles. The second-order valence-corrected chi connectivity index (χ2v) is 9.15. The zero-order valence-corrected chi connectivity index (χ0v) is 16.6. The molecule has 0 radical (unpaired) electrons. The zero-order chi connectivity index (χ0) is 20.7. The average Bonchev–Trinajstić information content (AvgIpc) is 2.61. The van der Waals surface area contributed by atoms with Gasteiger partial charge >= 0.3 is 33.0 Å². The summed E-state index contributed by atoms with van der Waals surface area (Å²) in [5.41, 5.74) is 2.72. The fraction of sp³-hybridized carbons (Fsp3) is 0.526. The van der Waals surface area contributed by atoms with Gasteiger partial charge in [-0.15, -0.1) is 0 Å². The summed E-state index contributed by atoms with van der Waals surface area (Å²) in [6.07, 6.45) is 12.9. The summed E-state index contributed by atoms with van der Waals surface area (Å²) < 4.78 is 61.7. The molecule has 0 unspecified atom stereocenters. The fourth-order valence-corrected chi connectivity index (χ4v) is 3.30. The quantitative estimate of drug-likeness (QED) is 0.281. The summed E-state index contributed by atoms with van der Waals surface area (Å²) in [6, 6.07) is 10.8. The average molecular weight is 428 g/mol. The molecule has 2 aliphatic rings. The Kier molecular flexibility index (Phi) is 6.85. The van der Waals surface area contributed by atoms with E-state index in [0.717, 1.165) is 0 Å². The molecule has 9 heteroatoms. The van der Waals surface area contributed by atoms with Gasteiger partial charge in [0.15, 0.2) is 6.21 Å². The molecule has 2 heterocycles. The molecule has 0 bridgehead atoms. The third-order valence-electron chi connectivity index (χ3n) is 4.53. The van der Waals surface area contributed by atoms with Crippen LogP contribution in [0.3, 0.4) is 0 Å². The molecular formula is C19H27F6N2P. The maximum absolute atomic E-state index is 10.7. The van der Waals surface area contributed by atoms with E-state index in [9.17, 15) is 25.2 Å². The van der Waals surface area contributed by atoms with Gasteiger partial charge in [0.2, 0.25) is 0 Å². The molecule has 0 aromatic heterocycles. The minimum absolute atomic E-state index is 1.21. The van der Waals surface area contributed by atoms with E-state index in [1.807, 2.05) is 0 Å². The maximum atomic E-state index is 9.87. The van der Waals surface area contributed by atoms with Crippen molar-refractivity contribution in [2.24, 2.45) is 0 Å². The van der Waals surface area contributed by atoms with Crippen LogP contribution >= 0.6 is 7.81 Å². The first-order chi connectivity index (χ1) is 12.9. The number of benzene rings is 1. The van der Waals surface area contributed by atoms with Crippen LogP contribution in [-0.2, 0) is 0 Å². The van der Waals surface area contributed by atoms with E-state index in [2.05, 4.69) is 52.2 Å². The van der Waals surface area contributed by atoms with Crippen LogP contribution in [0.2, 0.25) is 0 Å². The molecule has 2 nitrogen and oxygen atoms in total. The molecule has 0 spiro atoms. The van der Waals surface area contributed by atoms with E-state index < -0.39 is 7.81 Å². The summed E-state index contributed by atoms with van der Waals surface area (Å²) in [5, 5.41) is 0. The van der Waals surface area contributed by atoms with Gasteiger partial charge in [-0.25, -0.2) is 4.58 Å². The van der Waals surface area contributed by atoms with Gasteiger partial charge < -0.3 is 4.90 Å². The Bertz CT molecular complexity index is 673. The molecule has 0 saturated carbocycles. The number of piperidine rings is 2. The number of nitrogens with zero attached hydrogens (tertiary/aromatic N) is 2. The molecular weight excluding hydrogens is 401 g/mol. The molecule has 2 saturated heterocycles. The molecule has 160 valence electrons. The zero-order valence-electron chi connectivity index (χ0n) is 15.7. The molecule has 0 N–H and O–H groups in total. The van der Waals surface area contributed by atoms with Crippen molar-refractivity contribution in [3.05, 3.63) is 42.1 Å². The Morgan fingerprint density at radius 3 is 1.82 bits per heavy atom. The van der Waals surface area contributed by atoms with Crippen molar-refractivity contribution in [3.63, 3.8) is 0 Å². The standard InChI is InChI=1S/C19H27N2.F6P/c1-4-10-18(11-5-1)19(16-20-12-6-2-7-13-20)17-21-14-8-3-9-15-21;1-7(2,3,4,5)6/h1,4-5,10-11,16-17H,2-3,6-9,12-15H2;/q+1;-1. The number of halogens is 6. The SMILES string of the molecule is C(/C(=C/N1CCCCC1)c1ccccc1)=[N+]1CCCCC1.F[P-](F)(F)(F)(F)F. The van der Waals surface area contributed by atoms with Gasteiger partial charge in [0.1, 0.15) is 13.1 Å². The number of hydrogen-bond donors (Lipinski definition) is 0. The topological polar surface area (TPSA) is 6.25 Å². The summed E-state index contributed by atoms with van der Waals surface area (Å²) >= 11 is 0. The second kappa shape index (κ2) is 8.44. The van der Waals surface area contributed by atoms with Crippen LogP contribution in [0, 0.1) is 0 Å². The number of hydrogen-bond acceptors (Lipinski definition) is 1. The minimum atomic E-state index is -10.7. The first-order valence-electron chi connectivity index (χ1n) is 9.53. The van der Waals surface area contributed by atoms with Crippen LogP contribution in [0.4, 0.5) is 25.2 Å². The van der Waals surface area contributed by atoms with Crippen LogP contribution < -0.4 is 0 Å². The van der Waals surface area contributed by atoms with Crippen LogP contribution in [-0.4, -0.2) is 41.9 Å². The Labute approximate surface area is 161 Å². The molecule has 2 fully saturated rings. The van der Waals surface area contributed by atoms with Crippen LogP contribution in [0.5, 0.6) is 0 Å². The van der Waals surface area contributed by atoms with Crippen molar-refractivity contribution < 1.29 is 29.8 Å². The van der Waals surface area contributed by atoms with Crippen molar-refractivity contribution in [1.29, 1.82) is 0 Å². The van der Waals surface area contributed by atoms with Crippen LogP contribution in [0.25, 0.3) is 5.57 Å². The normalized spacial score (nSPS) is 21.1.